The molecule has 1 aromatic carbocycles. The molecule has 2 aromatic rings. The van der Waals surface area contributed by atoms with Crippen LogP contribution in [0.25, 0.3) is 10.2 Å². The number of aromatic nitrogens is 1. The zero-order valence-corrected chi connectivity index (χ0v) is 9.03. The molecule has 68 valence electrons. The lowest BCUT2D eigenvalue weighted by Crippen LogP contribution is -1.82. The van der Waals surface area contributed by atoms with E-state index in [1.54, 1.807) is 0 Å². The number of rotatable bonds is 1. The average Bonchev–Trinajstić information content (AvgIpc) is 2.55. The third kappa shape index (κ3) is 1.35. The van der Waals surface area contributed by atoms with Crippen molar-refractivity contribution in [1.29, 1.82) is 0 Å². The van der Waals surface area contributed by atoms with Crippen LogP contribution in [0, 0.1) is 13.8 Å². The Labute approximate surface area is 82.4 Å². The molecule has 1 nitrogen and oxygen atoms in total. The highest BCUT2D eigenvalue weighted by Gasteiger charge is 2.05. The third-order valence-electron chi connectivity index (χ3n) is 2.43. The van der Waals surface area contributed by atoms with Crippen molar-refractivity contribution in [3.05, 3.63) is 28.3 Å². The molecule has 1 aromatic heterocycles. The van der Waals surface area contributed by atoms with E-state index in [1.165, 1.54) is 26.4 Å². The van der Waals surface area contributed by atoms with Crippen LogP contribution in [-0.4, -0.2) is 4.98 Å². The normalized spacial score (nSPS) is 11.0. The van der Waals surface area contributed by atoms with Gasteiger partial charge in [-0.3, -0.25) is 0 Å². The second kappa shape index (κ2) is 3.11. The summed E-state index contributed by atoms with van der Waals surface area (Å²) in [6.07, 6.45) is 1.04. The van der Waals surface area contributed by atoms with Gasteiger partial charge in [-0.1, -0.05) is 13.0 Å². The molecule has 0 saturated heterocycles. The van der Waals surface area contributed by atoms with Gasteiger partial charge in [-0.05, 0) is 37.5 Å². The topological polar surface area (TPSA) is 12.9 Å². The molecule has 0 bridgehead atoms. The Bertz CT molecular complexity index is 443. The molecular weight excluding hydrogens is 178 g/mol. The Kier molecular flexibility index (Phi) is 2.08. The van der Waals surface area contributed by atoms with Crippen molar-refractivity contribution in [2.24, 2.45) is 0 Å². The van der Waals surface area contributed by atoms with Crippen LogP contribution in [0.5, 0.6) is 0 Å². The van der Waals surface area contributed by atoms with E-state index in [0.29, 0.717) is 0 Å². The molecule has 0 spiro atoms. The summed E-state index contributed by atoms with van der Waals surface area (Å²) in [6, 6.07) is 4.35. The van der Waals surface area contributed by atoms with E-state index >= 15 is 0 Å². The first-order valence-electron chi connectivity index (χ1n) is 4.58. The zero-order valence-electron chi connectivity index (χ0n) is 8.22. The van der Waals surface area contributed by atoms with Gasteiger partial charge >= 0.3 is 0 Å². The fraction of sp³-hybridized carbons (Fsp3) is 0.364. The maximum atomic E-state index is 4.61. The van der Waals surface area contributed by atoms with E-state index in [9.17, 15) is 0 Å². The van der Waals surface area contributed by atoms with Crippen molar-refractivity contribution in [3.8, 4) is 0 Å². The summed E-state index contributed by atoms with van der Waals surface area (Å²) < 4.78 is 1.32. The summed E-state index contributed by atoms with van der Waals surface area (Å²) in [5, 5.41) is 1.24. The van der Waals surface area contributed by atoms with E-state index < -0.39 is 0 Å². The molecule has 0 fully saturated rings. The van der Waals surface area contributed by atoms with Crippen LogP contribution >= 0.6 is 11.3 Å². The molecule has 0 amide bonds. The molecule has 0 atom stereocenters. The summed E-state index contributed by atoms with van der Waals surface area (Å²) >= 11 is 1.81. The van der Waals surface area contributed by atoms with Crippen LogP contribution < -0.4 is 0 Å². The molecule has 13 heavy (non-hydrogen) atoms. The van der Waals surface area contributed by atoms with Gasteiger partial charge in [0.1, 0.15) is 0 Å². The highest BCUT2D eigenvalue weighted by atomic mass is 32.1. The molecule has 0 N–H and O–H groups in total. The predicted octanol–water partition coefficient (Wildman–Crippen LogP) is 3.48. The van der Waals surface area contributed by atoms with Crippen LogP contribution in [0.15, 0.2) is 12.1 Å². The number of aryl methyl sites for hydroxylation is 3. The molecule has 0 aliphatic carbocycles. The second-order valence-corrected chi connectivity index (χ2v) is 4.43. The van der Waals surface area contributed by atoms with Crippen molar-refractivity contribution >= 4 is 21.6 Å². The minimum absolute atomic E-state index is 1.04. The Hall–Kier alpha value is -0.890. The summed E-state index contributed by atoms with van der Waals surface area (Å²) in [5.74, 6) is 0. The smallest absolute Gasteiger partial charge is 0.0935 e. The van der Waals surface area contributed by atoms with Gasteiger partial charge in [-0.2, -0.15) is 0 Å². The van der Waals surface area contributed by atoms with Gasteiger partial charge in [0.15, 0.2) is 0 Å². The molecule has 2 rings (SSSR count). The summed E-state index contributed by atoms with van der Waals surface area (Å²) in [6.45, 7) is 6.44. The molecule has 0 unspecified atom stereocenters. The zero-order chi connectivity index (χ0) is 9.42. The van der Waals surface area contributed by atoms with E-state index in [2.05, 4.69) is 37.9 Å². The number of nitrogens with zero attached hydrogens (tertiary/aromatic N) is 1. The molecule has 0 saturated carbocycles. The van der Waals surface area contributed by atoms with E-state index in [4.69, 9.17) is 0 Å². The first-order valence-corrected chi connectivity index (χ1v) is 5.39. The number of thiazole rings is 1. The lowest BCUT2D eigenvalue weighted by Gasteiger charge is -1.98. The van der Waals surface area contributed by atoms with Gasteiger partial charge in [0.05, 0.1) is 15.2 Å². The number of benzene rings is 1. The fourth-order valence-electron chi connectivity index (χ4n) is 1.42. The Balaban J connectivity index is 2.76. The SMILES string of the molecule is CCc1nc2c(C)c(C)ccc2s1. The number of fused-ring (bicyclic) bond motifs is 1. The van der Waals surface area contributed by atoms with Crippen LogP contribution in [0.1, 0.15) is 23.1 Å². The second-order valence-electron chi connectivity index (χ2n) is 3.32. The third-order valence-corrected chi connectivity index (χ3v) is 3.60. The lowest BCUT2D eigenvalue weighted by atomic mass is 10.1. The number of hydrogen-bond donors (Lipinski definition) is 0. The van der Waals surface area contributed by atoms with Crippen LogP contribution in [0.2, 0.25) is 0 Å². The van der Waals surface area contributed by atoms with Crippen LogP contribution in [0.3, 0.4) is 0 Å². The van der Waals surface area contributed by atoms with Gasteiger partial charge in [0.2, 0.25) is 0 Å². The molecule has 0 aliphatic rings. The first kappa shape index (κ1) is 8.70. The quantitative estimate of drug-likeness (QED) is 0.672. The molecule has 0 radical (unpaired) electrons. The summed E-state index contributed by atoms with van der Waals surface area (Å²) in [4.78, 5) is 4.61. The average molecular weight is 191 g/mol. The van der Waals surface area contributed by atoms with Crippen molar-refractivity contribution in [3.63, 3.8) is 0 Å². The molecular formula is C11H13NS. The largest absolute Gasteiger partial charge is 0.241 e. The minimum atomic E-state index is 1.04. The highest BCUT2D eigenvalue weighted by Crippen LogP contribution is 2.26. The standard InChI is InChI=1S/C11H13NS/c1-4-10-12-11-8(3)7(2)5-6-9(11)13-10/h5-6H,4H2,1-3H3. The molecule has 0 aliphatic heterocycles. The predicted molar refractivity (Wildman–Crippen MR) is 58.5 cm³/mol. The van der Waals surface area contributed by atoms with Crippen molar-refractivity contribution < 1.29 is 0 Å². The van der Waals surface area contributed by atoms with Crippen molar-refractivity contribution in [2.45, 2.75) is 27.2 Å². The van der Waals surface area contributed by atoms with Crippen LogP contribution in [0.4, 0.5) is 0 Å². The molecule has 1 heterocycles. The van der Waals surface area contributed by atoms with Gasteiger partial charge in [-0.15, -0.1) is 11.3 Å². The van der Waals surface area contributed by atoms with E-state index in [0.717, 1.165) is 6.42 Å². The number of hydrogen-bond acceptors (Lipinski definition) is 2. The Morgan fingerprint density at radius 3 is 2.77 bits per heavy atom. The van der Waals surface area contributed by atoms with E-state index in [-0.39, 0.29) is 0 Å². The van der Waals surface area contributed by atoms with Crippen molar-refractivity contribution in [2.75, 3.05) is 0 Å². The first-order chi connectivity index (χ1) is 6.22. The van der Waals surface area contributed by atoms with Gasteiger partial charge < -0.3 is 0 Å². The Morgan fingerprint density at radius 2 is 2.08 bits per heavy atom. The fourth-order valence-corrected chi connectivity index (χ4v) is 2.39. The maximum absolute atomic E-state index is 4.61. The van der Waals surface area contributed by atoms with E-state index in [1.807, 2.05) is 11.3 Å². The summed E-state index contributed by atoms with van der Waals surface area (Å²) in [5.41, 5.74) is 3.86. The Morgan fingerprint density at radius 1 is 1.31 bits per heavy atom. The van der Waals surface area contributed by atoms with Crippen molar-refractivity contribution in [1.82, 2.24) is 4.98 Å². The molecule has 2 heteroatoms. The van der Waals surface area contributed by atoms with Gasteiger partial charge in [0.25, 0.3) is 0 Å². The van der Waals surface area contributed by atoms with Gasteiger partial charge in [0, 0.05) is 0 Å². The lowest BCUT2D eigenvalue weighted by molar-refractivity contribution is 1.10. The monoisotopic (exact) mass is 191 g/mol. The van der Waals surface area contributed by atoms with Gasteiger partial charge in [-0.25, -0.2) is 4.98 Å². The van der Waals surface area contributed by atoms with Crippen LogP contribution in [-0.2, 0) is 6.42 Å². The maximum Gasteiger partial charge on any atom is 0.0935 e. The summed E-state index contributed by atoms with van der Waals surface area (Å²) in [7, 11) is 0. The minimum Gasteiger partial charge on any atom is -0.241 e. The highest BCUT2D eigenvalue weighted by molar-refractivity contribution is 7.18.